The lowest BCUT2D eigenvalue weighted by Gasteiger charge is -2.24. The Morgan fingerprint density at radius 2 is 2.44 bits per heavy atom. The molecule has 2 unspecified atom stereocenters. The maximum Gasteiger partial charge on any atom is 0.0451 e. The van der Waals surface area contributed by atoms with E-state index in [1.807, 2.05) is 11.3 Å². The molecule has 1 aliphatic rings. The highest BCUT2D eigenvalue weighted by atomic mass is 32.2. The van der Waals surface area contributed by atoms with E-state index in [2.05, 4.69) is 42.4 Å². The number of rotatable bonds is 5. The van der Waals surface area contributed by atoms with Crippen molar-refractivity contribution < 1.29 is 0 Å². The number of nitrogens with one attached hydrogen (secondary N) is 1. The second kappa shape index (κ2) is 6.08. The van der Waals surface area contributed by atoms with E-state index in [-0.39, 0.29) is 0 Å². The van der Waals surface area contributed by atoms with Crippen molar-refractivity contribution in [3.8, 4) is 0 Å². The van der Waals surface area contributed by atoms with Crippen LogP contribution in [0.2, 0.25) is 0 Å². The van der Waals surface area contributed by atoms with E-state index in [4.69, 9.17) is 0 Å². The van der Waals surface area contributed by atoms with Gasteiger partial charge in [0, 0.05) is 16.2 Å². The lowest BCUT2D eigenvalue weighted by atomic mass is 10.0. The zero-order valence-corrected chi connectivity index (χ0v) is 11.8. The van der Waals surface area contributed by atoms with Gasteiger partial charge in [0.1, 0.15) is 0 Å². The lowest BCUT2D eigenvalue weighted by molar-refractivity contribution is 0.503. The molecule has 1 aromatic rings. The van der Waals surface area contributed by atoms with Crippen LogP contribution in [-0.2, 0) is 0 Å². The molecule has 0 bridgehead atoms. The summed E-state index contributed by atoms with van der Waals surface area (Å²) in [4.78, 5) is 1.49. The Morgan fingerprint density at radius 3 is 3.00 bits per heavy atom. The second-order valence-corrected chi connectivity index (χ2v) is 6.88. The van der Waals surface area contributed by atoms with Gasteiger partial charge >= 0.3 is 0 Å². The fraction of sp³-hybridized carbons (Fsp3) is 0.692. The van der Waals surface area contributed by atoms with Gasteiger partial charge in [-0.1, -0.05) is 6.92 Å². The minimum absolute atomic E-state index is 0.582. The summed E-state index contributed by atoms with van der Waals surface area (Å²) in [6.07, 6.45) is 3.99. The van der Waals surface area contributed by atoms with E-state index in [0.717, 1.165) is 11.8 Å². The second-order valence-electron chi connectivity index (χ2n) is 4.42. The van der Waals surface area contributed by atoms with Crippen LogP contribution in [-0.4, -0.2) is 17.5 Å². The number of thioether (sulfide) groups is 1. The largest absolute Gasteiger partial charge is 0.309 e. The van der Waals surface area contributed by atoms with E-state index in [1.54, 1.807) is 0 Å². The minimum Gasteiger partial charge on any atom is -0.309 e. The summed E-state index contributed by atoms with van der Waals surface area (Å²) < 4.78 is 0. The van der Waals surface area contributed by atoms with Crippen molar-refractivity contribution in [1.82, 2.24) is 5.32 Å². The molecule has 1 nitrogen and oxygen atoms in total. The highest BCUT2D eigenvalue weighted by Gasteiger charge is 2.27. The molecule has 1 fully saturated rings. The van der Waals surface area contributed by atoms with E-state index in [0.29, 0.717) is 6.04 Å². The van der Waals surface area contributed by atoms with Crippen LogP contribution in [0.1, 0.15) is 42.7 Å². The van der Waals surface area contributed by atoms with E-state index >= 15 is 0 Å². The molecule has 0 radical (unpaired) electrons. The summed E-state index contributed by atoms with van der Waals surface area (Å²) in [5, 5.41) is 6.76. The Hall–Kier alpha value is 0.01000. The van der Waals surface area contributed by atoms with Gasteiger partial charge in [-0.3, -0.25) is 0 Å². The zero-order chi connectivity index (χ0) is 11.4. The van der Waals surface area contributed by atoms with Gasteiger partial charge in [-0.15, -0.1) is 11.3 Å². The number of thiophene rings is 1. The summed E-state index contributed by atoms with van der Waals surface area (Å²) in [7, 11) is 0. The first kappa shape index (κ1) is 12.5. The van der Waals surface area contributed by atoms with Gasteiger partial charge in [0.15, 0.2) is 0 Å². The molecule has 2 atom stereocenters. The summed E-state index contributed by atoms with van der Waals surface area (Å²) in [6, 6.07) is 2.89. The molecule has 1 saturated heterocycles. The van der Waals surface area contributed by atoms with Gasteiger partial charge in [0.05, 0.1) is 0 Å². The van der Waals surface area contributed by atoms with Crippen LogP contribution in [0, 0.1) is 6.92 Å². The average molecular weight is 255 g/mol. The molecule has 0 spiro atoms. The van der Waals surface area contributed by atoms with Crippen LogP contribution < -0.4 is 5.32 Å². The zero-order valence-electron chi connectivity index (χ0n) is 10.2. The van der Waals surface area contributed by atoms with Crippen molar-refractivity contribution in [2.45, 2.75) is 44.4 Å². The van der Waals surface area contributed by atoms with Crippen LogP contribution in [0.3, 0.4) is 0 Å². The monoisotopic (exact) mass is 255 g/mol. The van der Waals surface area contributed by atoms with Gasteiger partial charge in [0.2, 0.25) is 0 Å². The third-order valence-electron chi connectivity index (χ3n) is 3.18. The van der Waals surface area contributed by atoms with E-state index < -0.39 is 0 Å². The molecular weight excluding hydrogens is 234 g/mol. The average Bonchev–Trinajstić information content (AvgIpc) is 2.91. The molecule has 1 N–H and O–H groups in total. The quantitative estimate of drug-likeness (QED) is 0.853. The SMILES string of the molecule is CCCNC(c1ccsc1C)C1CCCS1. The maximum atomic E-state index is 3.74. The number of hydrogen-bond donors (Lipinski definition) is 1. The molecular formula is C13H21NS2. The molecule has 16 heavy (non-hydrogen) atoms. The molecule has 90 valence electrons. The molecule has 1 aromatic heterocycles. The molecule has 2 rings (SSSR count). The first-order valence-electron chi connectivity index (χ1n) is 6.22. The molecule has 1 aliphatic heterocycles. The normalized spacial score (nSPS) is 22.5. The Labute approximate surface area is 107 Å². The van der Waals surface area contributed by atoms with Gasteiger partial charge in [0.25, 0.3) is 0 Å². The van der Waals surface area contributed by atoms with Crippen molar-refractivity contribution >= 4 is 23.1 Å². The fourth-order valence-corrected chi connectivity index (χ4v) is 4.48. The first-order chi connectivity index (χ1) is 7.83. The van der Waals surface area contributed by atoms with E-state index in [1.165, 1.54) is 35.5 Å². The van der Waals surface area contributed by atoms with Crippen molar-refractivity contribution in [1.29, 1.82) is 0 Å². The Morgan fingerprint density at radius 1 is 1.56 bits per heavy atom. The smallest absolute Gasteiger partial charge is 0.0451 e. The molecule has 0 aliphatic carbocycles. The summed E-state index contributed by atoms with van der Waals surface area (Å²) in [6.45, 7) is 5.63. The van der Waals surface area contributed by atoms with Crippen molar-refractivity contribution in [2.24, 2.45) is 0 Å². The van der Waals surface area contributed by atoms with Crippen LogP contribution in [0.15, 0.2) is 11.4 Å². The van der Waals surface area contributed by atoms with Crippen molar-refractivity contribution in [3.05, 3.63) is 21.9 Å². The topological polar surface area (TPSA) is 12.0 Å². The summed E-state index contributed by atoms with van der Waals surface area (Å²) in [5.74, 6) is 1.35. The van der Waals surface area contributed by atoms with E-state index in [9.17, 15) is 0 Å². The third kappa shape index (κ3) is 2.82. The standard InChI is InChI=1S/C13H21NS2/c1-3-7-14-13(12-5-4-8-16-12)11-6-9-15-10(11)2/h6,9,12-14H,3-5,7-8H2,1-2H3. The van der Waals surface area contributed by atoms with Crippen LogP contribution in [0.4, 0.5) is 0 Å². The van der Waals surface area contributed by atoms with Gasteiger partial charge in [-0.2, -0.15) is 11.8 Å². The van der Waals surface area contributed by atoms with Gasteiger partial charge < -0.3 is 5.32 Å². The Balaban J connectivity index is 2.10. The molecule has 2 heterocycles. The summed E-state index contributed by atoms with van der Waals surface area (Å²) >= 11 is 4.03. The Bertz CT molecular complexity index is 315. The van der Waals surface area contributed by atoms with Gasteiger partial charge in [-0.25, -0.2) is 0 Å². The maximum absolute atomic E-state index is 3.74. The first-order valence-corrected chi connectivity index (χ1v) is 8.14. The third-order valence-corrected chi connectivity index (χ3v) is 5.51. The van der Waals surface area contributed by atoms with Crippen molar-refractivity contribution in [2.75, 3.05) is 12.3 Å². The van der Waals surface area contributed by atoms with Gasteiger partial charge in [-0.05, 0) is 55.5 Å². The molecule has 3 heteroatoms. The fourth-order valence-electron chi connectivity index (χ4n) is 2.32. The number of aryl methyl sites for hydroxylation is 1. The van der Waals surface area contributed by atoms with Crippen LogP contribution >= 0.6 is 23.1 Å². The minimum atomic E-state index is 0.582. The van der Waals surface area contributed by atoms with Crippen LogP contribution in [0.25, 0.3) is 0 Å². The number of hydrogen-bond acceptors (Lipinski definition) is 3. The molecule has 0 amide bonds. The highest BCUT2D eigenvalue weighted by Crippen LogP contribution is 2.38. The Kier molecular flexibility index (Phi) is 4.74. The highest BCUT2D eigenvalue weighted by molar-refractivity contribution is 8.00. The predicted molar refractivity (Wildman–Crippen MR) is 75.6 cm³/mol. The van der Waals surface area contributed by atoms with Crippen LogP contribution in [0.5, 0.6) is 0 Å². The lowest BCUT2D eigenvalue weighted by Crippen LogP contribution is -2.29. The molecule has 0 aromatic carbocycles. The summed E-state index contributed by atoms with van der Waals surface area (Å²) in [5.41, 5.74) is 1.54. The van der Waals surface area contributed by atoms with Crippen molar-refractivity contribution in [3.63, 3.8) is 0 Å². The predicted octanol–water partition coefficient (Wildman–Crippen LogP) is 3.99. The molecule has 0 saturated carbocycles.